The van der Waals surface area contributed by atoms with E-state index < -0.39 is 10.0 Å². The SMILES string of the molecule is Cc1ccccc1CSCCNC(=O)C1CCN(S(=O)(=O)Cc2ccc(Cl)c(Cl)c2)CC1. The fourth-order valence-corrected chi connectivity index (χ4v) is 6.48. The monoisotopic (exact) mass is 514 g/mol. The Morgan fingerprint density at radius 1 is 1.12 bits per heavy atom. The smallest absolute Gasteiger partial charge is 0.223 e. The molecule has 174 valence electrons. The van der Waals surface area contributed by atoms with Gasteiger partial charge < -0.3 is 5.32 Å². The van der Waals surface area contributed by atoms with Crippen LogP contribution in [-0.2, 0) is 26.3 Å². The fourth-order valence-electron chi connectivity index (χ4n) is 3.67. The molecule has 0 saturated carbocycles. The third-order valence-corrected chi connectivity index (χ3v) is 9.21. The van der Waals surface area contributed by atoms with Crippen LogP contribution in [0.25, 0.3) is 0 Å². The van der Waals surface area contributed by atoms with Gasteiger partial charge in [-0.25, -0.2) is 12.7 Å². The number of hydrogen-bond donors (Lipinski definition) is 1. The van der Waals surface area contributed by atoms with Gasteiger partial charge in [0.1, 0.15) is 0 Å². The number of nitrogens with one attached hydrogen (secondary N) is 1. The minimum atomic E-state index is -3.47. The highest BCUT2D eigenvalue weighted by Crippen LogP contribution is 2.26. The molecule has 2 aromatic rings. The van der Waals surface area contributed by atoms with Crippen molar-refractivity contribution in [1.29, 1.82) is 0 Å². The Labute approximate surface area is 204 Å². The number of halogens is 2. The number of sulfonamides is 1. The lowest BCUT2D eigenvalue weighted by atomic mass is 9.97. The Morgan fingerprint density at radius 2 is 1.84 bits per heavy atom. The standard InChI is InChI=1S/C23H28Cl2N2O3S2/c1-17-4-2-3-5-20(17)15-31-13-10-26-23(28)19-8-11-27(12-9-19)32(29,30)16-18-6-7-21(24)22(25)14-18/h2-7,14,19H,8-13,15-16H2,1H3,(H,26,28). The van der Waals surface area contributed by atoms with Crippen LogP contribution in [0, 0.1) is 12.8 Å². The highest BCUT2D eigenvalue weighted by Gasteiger charge is 2.31. The molecule has 0 bridgehead atoms. The van der Waals surface area contributed by atoms with Crippen LogP contribution in [0.5, 0.6) is 0 Å². The van der Waals surface area contributed by atoms with E-state index in [0.717, 1.165) is 11.5 Å². The van der Waals surface area contributed by atoms with E-state index in [1.165, 1.54) is 15.4 Å². The van der Waals surface area contributed by atoms with E-state index in [2.05, 4.69) is 24.4 Å². The minimum absolute atomic E-state index is 0.0167. The second kappa shape index (κ2) is 11.7. The van der Waals surface area contributed by atoms with Gasteiger partial charge in [0.15, 0.2) is 0 Å². The molecule has 32 heavy (non-hydrogen) atoms. The van der Waals surface area contributed by atoms with Gasteiger partial charge in [-0.15, -0.1) is 0 Å². The first kappa shape index (κ1) is 25.4. The molecule has 1 fully saturated rings. The van der Waals surface area contributed by atoms with E-state index >= 15 is 0 Å². The van der Waals surface area contributed by atoms with Crippen molar-refractivity contribution < 1.29 is 13.2 Å². The van der Waals surface area contributed by atoms with E-state index in [4.69, 9.17) is 23.2 Å². The number of piperidine rings is 1. The molecule has 1 N–H and O–H groups in total. The van der Waals surface area contributed by atoms with Crippen molar-refractivity contribution in [3.05, 3.63) is 69.2 Å². The van der Waals surface area contributed by atoms with Gasteiger partial charge in [0.25, 0.3) is 0 Å². The number of thioether (sulfide) groups is 1. The normalized spacial score (nSPS) is 15.6. The van der Waals surface area contributed by atoms with Crippen molar-refractivity contribution in [2.45, 2.75) is 31.3 Å². The third-order valence-electron chi connectivity index (χ3n) is 5.62. The molecule has 0 unspecified atom stereocenters. The molecule has 0 atom stereocenters. The number of aryl methyl sites for hydroxylation is 1. The van der Waals surface area contributed by atoms with Crippen molar-refractivity contribution in [1.82, 2.24) is 9.62 Å². The molecule has 1 saturated heterocycles. The summed E-state index contributed by atoms with van der Waals surface area (Å²) < 4.78 is 27.0. The maximum atomic E-state index is 12.8. The zero-order valence-electron chi connectivity index (χ0n) is 18.0. The Balaban J connectivity index is 1.39. The van der Waals surface area contributed by atoms with E-state index in [9.17, 15) is 13.2 Å². The highest BCUT2D eigenvalue weighted by atomic mass is 35.5. The Hall–Kier alpha value is -1.25. The van der Waals surface area contributed by atoms with Crippen LogP contribution in [0.4, 0.5) is 0 Å². The summed E-state index contributed by atoms with van der Waals surface area (Å²) in [6, 6.07) is 13.2. The zero-order valence-corrected chi connectivity index (χ0v) is 21.2. The maximum Gasteiger partial charge on any atom is 0.223 e. The predicted octanol–water partition coefficient (Wildman–Crippen LogP) is 4.89. The van der Waals surface area contributed by atoms with E-state index in [0.29, 0.717) is 48.1 Å². The van der Waals surface area contributed by atoms with Gasteiger partial charge in [-0.05, 0) is 48.6 Å². The molecule has 0 aromatic heterocycles. The molecule has 5 nitrogen and oxygen atoms in total. The number of rotatable bonds is 9. The van der Waals surface area contributed by atoms with E-state index in [-0.39, 0.29) is 17.6 Å². The van der Waals surface area contributed by atoms with Gasteiger partial charge in [0.05, 0.1) is 15.8 Å². The van der Waals surface area contributed by atoms with Crippen LogP contribution in [0.1, 0.15) is 29.5 Å². The van der Waals surface area contributed by atoms with Crippen LogP contribution in [0.15, 0.2) is 42.5 Å². The Kier molecular flexibility index (Phi) is 9.32. The summed E-state index contributed by atoms with van der Waals surface area (Å²) in [5.74, 6) is 1.52. The molecule has 0 radical (unpaired) electrons. The summed E-state index contributed by atoms with van der Waals surface area (Å²) in [5.41, 5.74) is 3.20. The molecular weight excluding hydrogens is 487 g/mol. The summed E-state index contributed by atoms with van der Waals surface area (Å²) in [4.78, 5) is 12.5. The van der Waals surface area contributed by atoms with Crippen molar-refractivity contribution in [3.63, 3.8) is 0 Å². The highest BCUT2D eigenvalue weighted by molar-refractivity contribution is 7.98. The quantitative estimate of drug-likeness (QED) is 0.483. The molecule has 0 spiro atoms. The lowest BCUT2D eigenvalue weighted by Crippen LogP contribution is -2.43. The Morgan fingerprint density at radius 3 is 2.53 bits per heavy atom. The first-order chi connectivity index (χ1) is 15.3. The molecular formula is C23H28Cl2N2O3S2. The van der Waals surface area contributed by atoms with Gasteiger partial charge in [0, 0.05) is 37.1 Å². The van der Waals surface area contributed by atoms with Gasteiger partial charge in [-0.2, -0.15) is 11.8 Å². The van der Waals surface area contributed by atoms with Crippen LogP contribution in [-0.4, -0.2) is 44.0 Å². The maximum absolute atomic E-state index is 12.8. The zero-order chi connectivity index (χ0) is 23.1. The molecule has 1 aliphatic rings. The molecule has 9 heteroatoms. The van der Waals surface area contributed by atoms with Gasteiger partial charge >= 0.3 is 0 Å². The van der Waals surface area contributed by atoms with Gasteiger partial charge in [0.2, 0.25) is 15.9 Å². The molecule has 0 aliphatic carbocycles. The average molecular weight is 516 g/mol. The number of hydrogen-bond acceptors (Lipinski definition) is 4. The summed E-state index contributed by atoms with van der Waals surface area (Å²) >= 11 is 13.7. The first-order valence-corrected chi connectivity index (χ1v) is 14.1. The summed E-state index contributed by atoms with van der Waals surface area (Å²) in [6.45, 7) is 3.42. The van der Waals surface area contributed by atoms with Crippen LogP contribution >= 0.6 is 35.0 Å². The lowest BCUT2D eigenvalue weighted by Gasteiger charge is -2.30. The largest absolute Gasteiger partial charge is 0.355 e. The predicted molar refractivity (Wildman–Crippen MR) is 134 cm³/mol. The topological polar surface area (TPSA) is 66.5 Å². The number of carbonyl (C=O) groups excluding carboxylic acids is 1. The second-order valence-corrected chi connectivity index (χ2v) is 11.8. The number of nitrogens with zero attached hydrogens (tertiary/aromatic N) is 1. The van der Waals surface area contributed by atoms with Crippen molar-refractivity contribution in [3.8, 4) is 0 Å². The fraction of sp³-hybridized carbons (Fsp3) is 0.435. The molecule has 1 heterocycles. The van der Waals surface area contributed by atoms with Crippen LogP contribution in [0.2, 0.25) is 10.0 Å². The molecule has 2 aromatic carbocycles. The summed E-state index contributed by atoms with van der Waals surface area (Å²) in [5, 5.41) is 3.74. The lowest BCUT2D eigenvalue weighted by molar-refractivity contribution is -0.125. The van der Waals surface area contributed by atoms with Crippen molar-refractivity contribution in [2.24, 2.45) is 5.92 Å². The van der Waals surface area contributed by atoms with E-state index in [1.807, 2.05) is 12.1 Å². The van der Waals surface area contributed by atoms with Crippen LogP contribution in [0.3, 0.4) is 0 Å². The second-order valence-electron chi connectivity index (χ2n) is 7.95. The number of amides is 1. The number of carbonyl (C=O) groups is 1. The summed E-state index contributed by atoms with van der Waals surface area (Å²) in [6.07, 6.45) is 1.06. The minimum Gasteiger partial charge on any atom is -0.355 e. The Bertz CT molecular complexity index is 1040. The first-order valence-electron chi connectivity index (χ1n) is 10.6. The average Bonchev–Trinajstić information content (AvgIpc) is 2.77. The molecule has 1 amide bonds. The van der Waals surface area contributed by atoms with Gasteiger partial charge in [-0.1, -0.05) is 53.5 Å². The van der Waals surface area contributed by atoms with Crippen molar-refractivity contribution >= 4 is 50.9 Å². The third kappa shape index (κ3) is 7.12. The van der Waals surface area contributed by atoms with E-state index in [1.54, 1.807) is 30.0 Å². The van der Waals surface area contributed by atoms with Crippen molar-refractivity contribution in [2.75, 3.05) is 25.4 Å². The van der Waals surface area contributed by atoms with Crippen LogP contribution < -0.4 is 5.32 Å². The molecule has 3 rings (SSSR count). The summed E-state index contributed by atoms with van der Waals surface area (Å²) in [7, 11) is -3.47. The molecule has 1 aliphatic heterocycles. The van der Waals surface area contributed by atoms with Gasteiger partial charge in [-0.3, -0.25) is 4.79 Å². The number of benzene rings is 2.